The largest absolute Gasteiger partial charge is 0.478 e. The zero-order chi connectivity index (χ0) is 18.1. The molecule has 0 aliphatic heterocycles. The van der Waals surface area contributed by atoms with Crippen LogP contribution in [0.1, 0.15) is 15.9 Å². The van der Waals surface area contributed by atoms with E-state index >= 15 is 0 Å². The number of pyridine rings is 1. The van der Waals surface area contributed by atoms with Crippen LogP contribution in [0, 0.1) is 0 Å². The van der Waals surface area contributed by atoms with Crippen LogP contribution < -0.4 is 0 Å². The van der Waals surface area contributed by atoms with Crippen molar-refractivity contribution in [2.24, 2.45) is 0 Å². The molecule has 0 aliphatic rings. The quantitative estimate of drug-likeness (QED) is 0.623. The maximum absolute atomic E-state index is 13.0. The zero-order valence-corrected chi connectivity index (χ0v) is 14.6. The summed E-state index contributed by atoms with van der Waals surface area (Å²) in [7, 11) is -1.24. The molecule has 1 N–H and O–H groups in total. The van der Waals surface area contributed by atoms with E-state index in [0.717, 1.165) is 6.04 Å². The smallest absolute Gasteiger partial charge is 0.418 e. The number of carboxylic acids is 1. The van der Waals surface area contributed by atoms with Crippen LogP contribution in [0.15, 0.2) is 18.5 Å². The summed E-state index contributed by atoms with van der Waals surface area (Å²) in [6, 6.07) is 2.28. The van der Waals surface area contributed by atoms with Crippen LogP contribution in [-0.4, -0.2) is 35.3 Å². The third kappa shape index (κ3) is 4.15. The molecule has 0 saturated carbocycles. The van der Waals surface area contributed by atoms with Gasteiger partial charge in [0.1, 0.15) is 12.4 Å². The van der Waals surface area contributed by atoms with E-state index in [1.165, 1.54) is 16.8 Å². The molecule has 24 heavy (non-hydrogen) atoms. The summed E-state index contributed by atoms with van der Waals surface area (Å²) < 4.78 is 46.0. The molecule has 0 atom stereocenters. The highest BCUT2D eigenvalue weighted by molar-refractivity contribution is 6.76. The van der Waals surface area contributed by atoms with Crippen molar-refractivity contribution in [2.45, 2.75) is 38.6 Å². The van der Waals surface area contributed by atoms with Crippen molar-refractivity contribution in [1.29, 1.82) is 0 Å². The first-order valence-corrected chi connectivity index (χ1v) is 11.1. The van der Waals surface area contributed by atoms with Gasteiger partial charge in [0.25, 0.3) is 0 Å². The van der Waals surface area contributed by atoms with Crippen LogP contribution in [0.3, 0.4) is 0 Å². The molecule has 0 fully saturated rings. The van der Waals surface area contributed by atoms with Crippen molar-refractivity contribution >= 4 is 25.1 Å². The summed E-state index contributed by atoms with van der Waals surface area (Å²) in [6.45, 7) is 7.29. The predicted molar refractivity (Wildman–Crippen MR) is 85.8 cm³/mol. The third-order valence-corrected chi connectivity index (χ3v) is 5.24. The number of halogens is 3. The molecule has 0 radical (unpaired) electrons. The minimum absolute atomic E-state index is 0.0499. The standard InChI is InChI=1S/C15H19F3N2O3Si/c1-24(2,3)7-6-23-9-20-5-4-10-12(14(21)22)11(15(16,17)18)8-19-13(10)20/h4-5,8H,6-7,9H2,1-3H3,(H,21,22). The van der Waals surface area contributed by atoms with Crippen LogP contribution in [0.2, 0.25) is 25.7 Å². The monoisotopic (exact) mass is 360 g/mol. The molecule has 9 heteroatoms. The van der Waals surface area contributed by atoms with Gasteiger partial charge in [-0.1, -0.05) is 19.6 Å². The highest BCUT2D eigenvalue weighted by Gasteiger charge is 2.37. The lowest BCUT2D eigenvalue weighted by Gasteiger charge is -2.16. The fraction of sp³-hybridized carbons (Fsp3) is 0.467. The minimum atomic E-state index is -4.77. The second kappa shape index (κ2) is 6.56. The van der Waals surface area contributed by atoms with E-state index in [4.69, 9.17) is 4.74 Å². The highest BCUT2D eigenvalue weighted by atomic mass is 28.3. The number of carbonyl (C=O) groups is 1. The molecule has 0 aromatic carbocycles. The van der Waals surface area contributed by atoms with Gasteiger partial charge in [-0.3, -0.25) is 0 Å². The topological polar surface area (TPSA) is 64.3 Å². The summed E-state index contributed by atoms with van der Waals surface area (Å²) in [5.74, 6) is -1.63. The number of aromatic carboxylic acids is 1. The number of aromatic nitrogens is 2. The Morgan fingerprint density at radius 1 is 1.38 bits per heavy atom. The molecule has 0 saturated heterocycles. The van der Waals surface area contributed by atoms with E-state index in [9.17, 15) is 23.1 Å². The van der Waals surface area contributed by atoms with Gasteiger partial charge in [-0.2, -0.15) is 13.2 Å². The molecule has 0 aliphatic carbocycles. The SMILES string of the molecule is C[Si](C)(C)CCOCn1ccc2c(C(=O)O)c(C(F)(F)F)cnc21. The van der Waals surface area contributed by atoms with E-state index in [0.29, 0.717) is 12.8 Å². The molecule has 0 spiro atoms. The van der Waals surface area contributed by atoms with Gasteiger partial charge < -0.3 is 14.4 Å². The van der Waals surface area contributed by atoms with Gasteiger partial charge in [0.05, 0.1) is 11.1 Å². The molecule has 0 unspecified atom stereocenters. The Kier molecular flexibility index (Phi) is 5.05. The van der Waals surface area contributed by atoms with Gasteiger partial charge in [0.2, 0.25) is 0 Å². The number of nitrogens with zero attached hydrogens (tertiary/aromatic N) is 2. The Labute approximate surface area is 138 Å². The van der Waals surface area contributed by atoms with E-state index in [1.807, 2.05) is 0 Å². The average molecular weight is 360 g/mol. The van der Waals surface area contributed by atoms with Crippen LogP contribution in [0.4, 0.5) is 13.2 Å². The van der Waals surface area contributed by atoms with E-state index in [1.54, 1.807) is 0 Å². The molecule has 0 bridgehead atoms. The van der Waals surface area contributed by atoms with Gasteiger partial charge in [-0.15, -0.1) is 0 Å². The molecular weight excluding hydrogens is 341 g/mol. The average Bonchev–Trinajstić information content (AvgIpc) is 2.83. The third-order valence-electron chi connectivity index (χ3n) is 3.53. The number of ether oxygens (including phenoxy) is 1. The molecule has 2 heterocycles. The summed E-state index contributed by atoms with van der Waals surface area (Å²) >= 11 is 0. The van der Waals surface area contributed by atoms with Crippen molar-refractivity contribution in [1.82, 2.24) is 9.55 Å². The number of fused-ring (bicyclic) bond motifs is 1. The predicted octanol–water partition coefficient (Wildman–Crippen LogP) is 4.07. The first-order chi connectivity index (χ1) is 11.0. The van der Waals surface area contributed by atoms with Gasteiger partial charge >= 0.3 is 12.1 Å². The van der Waals surface area contributed by atoms with Crippen LogP contribution in [0.5, 0.6) is 0 Å². The van der Waals surface area contributed by atoms with Gasteiger partial charge in [-0.25, -0.2) is 9.78 Å². The van der Waals surface area contributed by atoms with Crippen molar-refractivity contribution in [2.75, 3.05) is 6.61 Å². The van der Waals surface area contributed by atoms with Crippen LogP contribution >= 0.6 is 0 Å². The summed E-state index contributed by atoms with van der Waals surface area (Å²) in [6.07, 6.45) is -2.73. The van der Waals surface area contributed by atoms with Gasteiger partial charge in [0, 0.05) is 32.5 Å². The normalized spacial score (nSPS) is 12.8. The lowest BCUT2D eigenvalue weighted by Crippen LogP contribution is -2.22. The van der Waals surface area contributed by atoms with E-state index in [-0.39, 0.29) is 17.8 Å². The number of rotatable bonds is 6. The number of hydrogen-bond donors (Lipinski definition) is 1. The zero-order valence-electron chi connectivity index (χ0n) is 13.6. The lowest BCUT2D eigenvalue weighted by molar-refractivity contribution is -0.138. The van der Waals surface area contributed by atoms with Crippen molar-refractivity contribution in [3.63, 3.8) is 0 Å². The Morgan fingerprint density at radius 3 is 2.58 bits per heavy atom. The molecule has 2 rings (SSSR count). The molecule has 2 aromatic rings. The highest BCUT2D eigenvalue weighted by Crippen LogP contribution is 2.34. The number of hydrogen-bond acceptors (Lipinski definition) is 3. The fourth-order valence-electron chi connectivity index (χ4n) is 2.23. The maximum Gasteiger partial charge on any atom is 0.418 e. The van der Waals surface area contributed by atoms with Gasteiger partial charge in [-0.05, 0) is 12.1 Å². The molecule has 5 nitrogen and oxygen atoms in total. The second-order valence-corrected chi connectivity index (χ2v) is 12.3. The first kappa shape index (κ1) is 18.5. The number of alkyl halides is 3. The Hall–Kier alpha value is -1.87. The van der Waals surface area contributed by atoms with Gasteiger partial charge in [0.15, 0.2) is 0 Å². The summed E-state index contributed by atoms with van der Waals surface area (Å²) in [4.78, 5) is 15.1. The van der Waals surface area contributed by atoms with E-state index in [2.05, 4.69) is 24.6 Å². The molecule has 2 aromatic heterocycles. The van der Waals surface area contributed by atoms with Crippen molar-refractivity contribution in [3.05, 3.63) is 29.6 Å². The molecule has 0 amide bonds. The molecular formula is C15H19F3N2O3Si. The lowest BCUT2D eigenvalue weighted by atomic mass is 10.1. The van der Waals surface area contributed by atoms with Crippen molar-refractivity contribution in [3.8, 4) is 0 Å². The Morgan fingerprint density at radius 2 is 2.04 bits per heavy atom. The van der Waals surface area contributed by atoms with Crippen LogP contribution in [0.25, 0.3) is 11.0 Å². The molecule has 132 valence electrons. The van der Waals surface area contributed by atoms with E-state index < -0.39 is 31.3 Å². The summed E-state index contributed by atoms with van der Waals surface area (Å²) in [5.41, 5.74) is -1.87. The second-order valence-electron chi connectivity index (χ2n) is 6.72. The van der Waals surface area contributed by atoms with Crippen molar-refractivity contribution < 1.29 is 27.8 Å². The Balaban J connectivity index is 2.30. The maximum atomic E-state index is 13.0. The first-order valence-electron chi connectivity index (χ1n) is 7.37. The fourth-order valence-corrected chi connectivity index (χ4v) is 2.99. The van der Waals surface area contributed by atoms with Crippen LogP contribution in [-0.2, 0) is 17.6 Å². The minimum Gasteiger partial charge on any atom is -0.478 e. The Bertz CT molecular complexity index is 751. The summed E-state index contributed by atoms with van der Waals surface area (Å²) in [5, 5.41) is 9.13. The number of carboxylic acid groups (broad SMARTS) is 1.